The van der Waals surface area contributed by atoms with Gasteiger partial charge >= 0.3 is 0 Å². The topological polar surface area (TPSA) is 58.2 Å². The van der Waals surface area contributed by atoms with Gasteiger partial charge in [-0.05, 0) is 43.7 Å². The summed E-state index contributed by atoms with van der Waals surface area (Å²) in [7, 11) is 0. The molecule has 0 spiro atoms. The quantitative estimate of drug-likeness (QED) is 0.896. The number of carbonyl (C=O) groups is 2. The molecule has 20 heavy (non-hydrogen) atoms. The van der Waals surface area contributed by atoms with Crippen LogP contribution in [0.4, 0.5) is 5.69 Å². The fraction of sp³-hybridized carbons (Fsp3) is 0.467. The molecule has 2 N–H and O–H groups in total. The first-order chi connectivity index (χ1) is 9.51. The number of benzene rings is 1. The molecule has 0 aliphatic carbocycles. The number of nitrogens with one attached hydrogen (secondary N) is 2. The van der Waals surface area contributed by atoms with E-state index in [1.807, 2.05) is 32.2 Å². The van der Waals surface area contributed by atoms with Crippen LogP contribution >= 0.6 is 11.8 Å². The molecule has 0 saturated heterocycles. The second-order valence-corrected chi connectivity index (χ2v) is 6.25. The lowest BCUT2D eigenvalue weighted by atomic mass is 9.98. The predicted octanol–water partition coefficient (Wildman–Crippen LogP) is 2.50. The van der Waals surface area contributed by atoms with E-state index in [0.29, 0.717) is 6.42 Å². The third-order valence-corrected chi connectivity index (χ3v) is 4.53. The highest BCUT2D eigenvalue weighted by Crippen LogP contribution is 2.26. The fourth-order valence-electron chi connectivity index (χ4n) is 2.19. The lowest BCUT2D eigenvalue weighted by molar-refractivity contribution is -0.121. The Kier molecular flexibility index (Phi) is 4.70. The van der Waals surface area contributed by atoms with Crippen molar-refractivity contribution >= 4 is 29.3 Å². The lowest BCUT2D eigenvalue weighted by Crippen LogP contribution is -2.33. The van der Waals surface area contributed by atoms with Crippen molar-refractivity contribution in [3.05, 3.63) is 29.3 Å². The van der Waals surface area contributed by atoms with Crippen LogP contribution in [-0.4, -0.2) is 23.3 Å². The van der Waals surface area contributed by atoms with Gasteiger partial charge in [0.1, 0.15) is 0 Å². The van der Waals surface area contributed by atoms with Crippen LogP contribution in [0.25, 0.3) is 0 Å². The van der Waals surface area contributed by atoms with Gasteiger partial charge in [0, 0.05) is 12.1 Å². The molecule has 2 atom stereocenters. The minimum Gasteiger partial charge on any atom is -0.349 e. The molecule has 0 bridgehead atoms. The molecule has 5 heteroatoms. The van der Waals surface area contributed by atoms with Crippen LogP contribution in [0, 0.1) is 0 Å². The van der Waals surface area contributed by atoms with Crippen LogP contribution in [0.3, 0.4) is 0 Å². The minimum atomic E-state index is -0.0469. The Morgan fingerprint density at radius 2 is 2.10 bits per heavy atom. The van der Waals surface area contributed by atoms with Gasteiger partial charge < -0.3 is 10.6 Å². The zero-order valence-electron chi connectivity index (χ0n) is 12.0. The molecule has 0 unspecified atom stereocenters. The Bertz CT molecular complexity index is 531. The Labute approximate surface area is 123 Å². The molecule has 1 aromatic rings. The van der Waals surface area contributed by atoms with Gasteiger partial charge in [-0.2, -0.15) is 11.8 Å². The molecule has 1 aromatic carbocycles. The van der Waals surface area contributed by atoms with Crippen molar-refractivity contribution in [3.8, 4) is 0 Å². The van der Waals surface area contributed by atoms with Crippen molar-refractivity contribution in [2.75, 3.05) is 11.6 Å². The molecule has 108 valence electrons. The Hall–Kier alpha value is -1.49. The second kappa shape index (κ2) is 6.31. The van der Waals surface area contributed by atoms with Gasteiger partial charge in [0.15, 0.2) is 0 Å². The number of rotatable bonds is 4. The van der Waals surface area contributed by atoms with E-state index in [1.165, 1.54) is 11.8 Å². The van der Waals surface area contributed by atoms with Gasteiger partial charge in [0.25, 0.3) is 0 Å². The molecular formula is C15H20N2O2S. The summed E-state index contributed by atoms with van der Waals surface area (Å²) in [5.41, 5.74) is 3.10. The lowest BCUT2D eigenvalue weighted by Gasteiger charge is -2.21. The third-order valence-electron chi connectivity index (χ3n) is 3.61. The van der Waals surface area contributed by atoms with Crippen molar-refractivity contribution in [3.63, 3.8) is 0 Å². The SMILES string of the molecule is CS[C@@H](C)C(=O)N[C@@H](C)c1ccc2c(c1)CCC(=O)N2. The largest absolute Gasteiger partial charge is 0.349 e. The summed E-state index contributed by atoms with van der Waals surface area (Å²) in [5.74, 6) is 0.122. The molecule has 0 aromatic heterocycles. The maximum atomic E-state index is 11.9. The summed E-state index contributed by atoms with van der Waals surface area (Å²) in [6.45, 7) is 3.88. The van der Waals surface area contributed by atoms with Crippen molar-refractivity contribution in [2.24, 2.45) is 0 Å². The predicted molar refractivity (Wildman–Crippen MR) is 82.9 cm³/mol. The number of thioether (sulfide) groups is 1. The van der Waals surface area contributed by atoms with Gasteiger partial charge in [-0.15, -0.1) is 0 Å². The Balaban J connectivity index is 2.09. The van der Waals surface area contributed by atoms with E-state index in [4.69, 9.17) is 0 Å². The maximum Gasteiger partial charge on any atom is 0.233 e. The summed E-state index contributed by atoms with van der Waals surface area (Å²) >= 11 is 1.53. The minimum absolute atomic E-state index is 0.0278. The van der Waals surface area contributed by atoms with Crippen molar-refractivity contribution in [1.82, 2.24) is 5.32 Å². The average molecular weight is 292 g/mol. The van der Waals surface area contributed by atoms with E-state index in [-0.39, 0.29) is 23.1 Å². The molecule has 4 nitrogen and oxygen atoms in total. The zero-order valence-corrected chi connectivity index (χ0v) is 12.8. The molecule has 1 heterocycles. The normalized spacial score (nSPS) is 16.9. The average Bonchev–Trinajstić information content (AvgIpc) is 2.45. The van der Waals surface area contributed by atoms with Crippen LogP contribution in [0.2, 0.25) is 0 Å². The van der Waals surface area contributed by atoms with Crippen molar-refractivity contribution in [2.45, 2.75) is 38.0 Å². The van der Waals surface area contributed by atoms with Gasteiger partial charge in [-0.25, -0.2) is 0 Å². The van der Waals surface area contributed by atoms with Crippen LogP contribution < -0.4 is 10.6 Å². The first kappa shape index (κ1) is 14.9. The fourth-order valence-corrected chi connectivity index (χ4v) is 2.48. The molecule has 0 radical (unpaired) electrons. The molecule has 0 fully saturated rings. The first-order valence-corrected chi connectivity index (χ1v) is 8.06. The van der Waals surface area contributed by atoms with Crippen LogP contribution in [-0.2, 0) is 16.0 Å². The molecule has 0 saturated carbocycles. The maximum absolute atomic E-state index is 11.9. The Morgan fingerprint density at radius 1 is 1.35 bits per heavy atom. The summed E-state index contributed by atoms with van der Waals surface area (Å²) in [6, 6.07) is 5.92. The summed E-state index contributed by atoms with van der Waals surface area (Å²) < 4.78 is 0. The molecule has 2 amide bonds. The highest BCUT2D eigenvalue weighted by atomic mass is 32.2. The number of hydrogen-bond donors (Lipinski definition) is 2. The van der Waals surface area contributed by atoms with E-state index < -0.39 is 0 Å². The second-order valence-electron chi connectivity index (χ2n) is 5.07. The number of anilines is 1. The van der Waals surface area contributed by atoms with Gasteiger partial charge in [-0.1, -0.05) is 12.1 Å². The first-order valence-electron chi connectivity index (χ1n) is 6.77. The summed E-state index contributed by atoms with van der Waals surface area (Å²) in [4.78, 5) is 23.2. The number of fused-ring (bicyclic) bond motifs is 1. The summed E-state index contributed by atoms with van der Waals surface area (Å²) in [6.07, 6.45) is 3.22. The van der Waals surface area contributed by atoms with Crippen molar-refractivity contribution < 1.29 is 9.59 Å². The molecular weight excluding hydrogens is 272 g/mol. The molecule has 1 aliphatic heterocycles. The van der Waals surface area contributed by atoms with E-state index in [1.54, 1.807) is 0 Å². The molecule has 2 rings (SSSR count). The Morgan fingerprint density at radius 3 is 2.80 bits per heavy atom. The standard InChI is InChI=1S/C15H20N2O2S/c1-9(16-15(19)10(2)20-3)11-4-6-13-12(8-11)5-7-14(18)17-13/h4,6,8-10H,5,7H2,1-3H3,(H,16,19)(H,17,18)/t9-,10-/m0/s1. The molecule has 1 aliphatic rings. The third kappa shape index (κ3) is 3.33. The highest BCUT2D eigenvalue weighted by molar-refractivity contribution is 7.99. The number of carbonyl (C=O) groups excluding carboxylic acids is 2. The van der Waals surface area contributed by atoms with Crippen LogP contribution in [0.5, 0.6) is 0 Å². The van der Waals surface area contributed by atoms with E-state index in [0.717, 1.165) is 23.2 Å². The zero-order chi connectivity index (χ0) is 14.7. The van der Waals surface area contributed by atoms with Gasteiger partial charge in [0.05, 0.1) is 11.3 Å². The highest BCUT2D eigenvalue weighted by Gasteiger charge is 2.18. The number of amides is 2. The number of hydrogen-bond acceptors (Lipinski definition) is 3. The van der Waals surface area contributed by atoms with Crippen LogP contribution in [0.1, 0.15) is 37.4 Å². The van der Waals surface area contributed by atoms with Gasteiger partial charge in [-0.3, -0.25) is 9.59 Å². The van der Waals surface area contributed by atoms with E-state index in [2.05, 4.69) is 16.7 Å². The smallest absolute Gasteiger partial charge is 0.233 e. The van der Waals surface area contributed by atoms with E-state index in [9.17, 15) is 9.59 Å². The van der Waals surface area contributed by atoms with E-state index >= 15 is 0 Å². The summed E-state index contributed by atoms with van der Waals surface area (Å²) in [5, 5.41) is 5.83. The van der Waals surface area contributed by atoms with Crippen LogP contribution in [0.15, 0.2) is 18.2 Å². The van der Waals surface area contributed by atoms with Gasteiger partial charge in [0.2, 0.25) is 11.8 Å². The number of aryl methyl sites for hydroxylation is 1. The van der Waals surface area contributed by atoms with Crippen molar-refractivity contribution in [1.29, 1.82) is 0 Å². The monoisotopic (exact) mass is 292 g/mol.